The molecule has 0 aliphatic heterocycles. The quantitative estimate of drug-likeness (QED) is 0.241. The molecule has 2 aromatic heterocycles. The Labute approximate surface area is 180 Å². The van der Waals surface area contributed by atoms with Crippen molar-refractivity contribution in [2.75, 3.05) is 0 Å². The van der Waals surface area contributed by atoms with Crippen LogP contribution in [-0.2, 0) is 26.5 Å². The summed E-state index contributed by atoms with van der Waals surface area (Å²) in [6.45, 7) is 3.71. The van der Waals surface area contributed by atoms with Crippen molar-refractivity contribution in [2.24, 2.45) is 0 Å². The third-order valence-corrected chi connectivity index (χ3v) is 3.85. The van der Waals surface area contributed by atoms with Crippen LogP contribution in [0, 0.1) is 12.1 Å². The van der Waals surface area contributed by atoms with Gasteiger partial charge in [0.25, 0.3) is 0 Å². The van der Waals surface area contributed by atoms with E-state index < -0.39 is 0 Å². The number of hydrogen-bond acceptors (Lipinski definition) is 2. The zero-order valence-corrected chi connectivity index (χ0v) is 17.8. The maximum absolute atomic E-state index is 4.27. The SMILES string of the molecule is C=CCc1c[c-]c(-c2ccccn2)cc1.[Ir].[c-]1ccccc1-c1ccccn1. The number of nitrogens with zero attached hydrogens (tertiary/aromatic N) is 2. The summed E-state index contributed by atoms with van der Waals surface area (Å²) in [7, 11) is 0. The number of hydrogen-bond donors (Lipinski definition) is 0. The normalized spacial score (nSPS) is 9.43. The van der Waals surface area contributed by atoms with Gasteiger partial charge in [-0.3, -0.25) is 0 Å². The molecular weight excluding hydrogens is 521 g/mol. The van der Waals surface area contributed by atoms with Crippen LogP contribution in [0.15, 0.2) is 104 Å². The van der Waals surface area contributed by atoms with Crippen molar-refractivity contribution in [3.8, 4) is 22.5 Å². The molecule has 2 nitrogen and oxygen atoms in total. The van der Waals surface area contributed by atoms with E-state index in [0.29, 0.717) is 0 Å². The molecule has 0 N–H and O–H groups in total. The topological polar surface area (TPSA) is 25.8 Å². The van der Waals surface area contributed by atoms with Crippen molar-refractivity contribution < 1.29 is 20.1 Å². The minimum atomic E-state index is 0. The van der Waals surface area contributed by atoms with Crippen molar-refractivity contribution in [1.29, 1.82) is 0 Å². The average molecular weight is 541 g/mol. The number of allylic oxidation sites excluding steroid dienone is 1. The van der Waals surface area contributed by atoms with E-state index in [-0.39, 0.29) is 20.1 Å². The van der Waals surface area contributed by atoms with E-state index in [1.165, 1.54) is 5.56 Å². The van der Waals surface area contributed by atoms with E-state index >= 15 is 0 Å². The molecule has 0 aliphatic carbocycles. The van der Waals surface area contributed by atoms with Crippen molar-refractivity contribution >= 4 is 0 Å². The summed E-state index contributed by atoms with van der Waals surface area (Å²) in [5, 5.41) is 0. The summed E-state index contributed by atoms with van der Waals surface area (Å²) < 4.78 is 0. The molecule has 0 unspecified atom stereocenters. The minimum absolute atomic E-state index is 0. The Bertz CT molecular complexity index is 900. The maximum Gasteiger partial charge on any atom is 0.0160 e. The van der Waals surface area contributed by atoms with Crippen LogP contribution in [0.4, 0.5) is 0 Å². The summed E-state index contributed by atoms with van der Waals surface area (Å²) >= 11 is 0. The van der Waals surface area contributed by atoms with Gasteiger partial charge in [0.05, 0.1) is 0 Å². The van der Waals surface area contributed by atoms with Crippen LogP contribution in [-0.4, -0.2) is 9.97 Å². The van der Waals surface area contributed by atoms with E-state index in [9.17, 15) is 0 Å². The van der Waals surface area contributed by atoms with Crippen molar-refractivity contribution in [1.82, 2.24) is 9.97 Å². The second-order valence-electron chi connectivity index (χ2n) is 5.81. The van der Waals surface area contributed by atoms with Crippen LogP contribution in [0.3, 0.4) is 0 Å². The number of aromatic nitrogens is 2. The molecule has 0 aliphatic rings. The molecule has 4 aromatic rings. The van der Waals surface area contributed by atoms with E-state index in [1.807, 2.05) is 78.9 Å². The summed E-state index contributed by atoms with van der Waals surface area (Å²) in [5.41, 5.74) is 5.23. The number of pyridine rings is 2. The molecule has 0 spiro atoms. The summed E-state index contributed by atoms with van der Waals surface area (Å²) in [5.74, 6) is 0. The van der Waals surface area contributed by atoms with E-state index in [1.54, 1.807) is 12.4 Å². The molecule has 28 heavy (non-hydrogen) atoms. The first-order valence-corrected chi connectivity index (χ1v) is 8.78. The summed E-state index contributed by atoms with van der Waals surface area (Å²) in [6.07, 6.45) is 6.36. The van der Waals surface area contributed by atoms with Gasteiger partial charge in [0.2, 0.25) is 0 Å². The third-order valence-electron chi connectivity index (χ3n) is 3.85. The van der Waals surface area contributed by atoms with E-state index in [2.05, 4.69) is 34.7 Å². The number of benzene rings is 2. The van der Waals surface area contributed by atoms with Crippen molar-refractivity contribution in [3.05, 3.63) is 122 Å². The van der Waals surface area contributed by atoms with Crippen molar-refractivity contribution in [3.63, 3.8) is 0 Å². The molecular formula is C25H20IrN2-2. The molecule has 0 saturated heterocycles. The molecule has 1 radical (unpaired) electrons. The van der Waals surface area contributed by atoms with E-state index in [0.717, 1.165) is 28.9 Å². The second kappa shape index (κ2) is 11.8. The molecule has 2 aromatic carbocycles. The fourth-order valence-corrected chi connectivity index (χ4v) is 2.51. The van der Waals surface area contributed by atoms with Gasteiger partial charge in [-0.1, -0.05) is 30.3 Å². The molecule has 0 amide bonds. The van der Waals surface area contributed by atoms with Crippen LogP contribution in [0.5, 0.6) is 0 Å². The fraction of sp³-hybridized carbons (Fsp3) is 0.0400. The zero-order chi connectivity index (χ0) is 18.7. The van der Waals surface area contributed by atoms with Gasteiger partial charge in [-0.15, -0.1) is 77.9 Å². The smallest absolute Gasteiger partial charge is 0.0160 e. The van der Waals surface area contributed by atoms with Crippen LogP contribution < -0.4 is 0 Å². The monoisotopic (exact) mass is 541 g/mol. The summed E-state index contributed by atoms with van der Waals surface area (Å²) in [6, 6.07) is 32.0. The summed E-state index contributed by atoms with van der Waals surface area (Å²) in [4.78, 5) is 8.49. The molecule has 141 valence electrons. The van der Waals surface area contributed by atoms with Gasteiger partial charge in [0.15, 0.2) is 0 Å². The molecule has 3 heteroatoms. The average Bonchev–Trinajstić information content (AvgIpc) is 2.77. The first kappa shape index (κ1) is 21.4. The molecule has 0 atom stereocenters. The van der Waals surface area contributed by atoms with Crippen LogP contribution in [0.2, 0.25) is 0 Å². The Morgan fingerprint density at radius 2 is 1.39 bits per heavy atom. The fourth-order valence-electron chi connectivity index (χ4n) is 2.51. The third kappa shape index (κ3) is 6.38. The van der Waals surface area contributed by atoms with Gasteiger partial charge in [0, 0.05) is 32.5 Å². The first-order valence-electron chi connectivity index (χ1n) is 8.78. The van der Waals surface area contributed by atoms with Gasteiger partial charge in [-0.25, -0.2) is 0 Å². The van der Waals surface area contributed by atoms with E-state index in [4.69, 9.17) is 0 Å². The standard InChI is InChI=1S/C14H12N.C11H8N.Ir/c1-2-5-12-7-9-13(10-8-12)14-6-3-4-11-15-14;1-2-6-10(7-3-1)11-8-4-5-9-12-11;/h2-4,6-9,11H,1,5H2;1-6,8-9H;/q2*-1;. The Balaban J connectivity index is 0.000000198. The van der Waals surface area contributed by atoms with Gasteiger partial charge in [-0.2, -0.15) is 0 Å². The largest absolute Gasteiger partial charge is 0.305 e. The molecule has 4 rings (SSSR count). The molecule has 0 fully saturated rings. The Morgan fingerprint density at radius 1 is 0.750 bits per heavy atom. The van der Waals surface area contributed by atoms with Crippen LogP contribution in [0.1, 0.15) is 5.56 Å². The predicted octanol–water partition coefficient (Wildman–Crippen LogP) is 5.82. The maximum atomic E-state index is 4.27. The minimum Gasteiger partial charge on any atom is -0.305 e. The molecule has 0 saturated carbocycles. The van der Waals surface area contributed by atoms with Crippen LogP contribution >= 0.6 is 0 Å². The van der Waals surface area contributed by atoms with Gasteiger partial charge >= 0.3 is 0 Å². The van der Waals surface area contributed by atoms with Gasteiger partial charge in [0.1, 0.15) is 0 Å². The Hall–Kier alpha value is -2.87. The Kier molecular flexibility index (Phi) is 9.00. The second-order valence-corrected chi connectivity index (χ2v) is 5.81. The van der Waals surface area contributed by atoms with Gasteiger partial charge in [-0.05, 0) is 29.9 Å². The van der Waals surface area contributed by atoms with Crippen LogP contribution in [0.25, 0.3) is 22.5 Å². The van der Waals surface area contributed by atoms with Crippen molar-refractivity contribution in [2.45, 2.75) is 6.42 Å². The first-order chi connectivity index (χ1) is 13.4. The number of rotatable bonds is 4. The van der Waals surface area contributed by atoms with Gasteiger partial charge < -0.3 is 9.97 Å². The molecule has 0 bridgehead atoms. The Morgan fingerprint density at radius 3 is 1.86 bits per heavy atom. The zero-order valence-electron chi connectivity index (χ0n) is 15.4. The molecule has 2 heterocycles. The predicted molar refractivity (Wildman–Crippen MR) is 111 cm³/mol.